The number of carbonyl (C=O) groups is 2. The Morgan fingerprint density at radius 2 is 2.31 bits per heavy atom. The van der Waals surface area contributed by atoms with Crippen molar-refractivity contribution in [2.24, 2.45) is 0 Å². The van der Waals surface area contributed by atoms with Gasteiger partial charge in [0.25, 0.3) is 0 Å². The van der Waals surface area contributed by atoms with Crippen LogP contribution in [0.15, 0.2) is 12.1 Å². The zero-order chi connectivity index (χ0) is 11.7. The van der Waals surface area contributed by atoms with Crippen molar-refractivity contribution < 1.29 is 18.7 Å². The average molecular weight is 222 g/mol. The lowest BCUT2D eigenvalue weighted by atomic mass is 10.1. The quantitative estimate of drug-likeness (QED) is 0.614. The first-order chi connectivity index (χ1) is 7.69. The summed E-state index contributed by atoms with van der Waals surface area (Å²) in [6.45, 7) is 0. The Hall–Kier alpha value is -2.24. The third kappa shape index (κ3) is 1.35. The van der Waals surface area contributed by atoms with E-state index in [1.54, 1.807) is 0 Å². The summed E-state index contributed by atoms with van der Waals surface area (Å²) in [6.07, 6.45) is 0.444. The van der Waals surface area contributed by atoms with Crippen LogP contribution in [0, 0.1) is 5.82 Å². The normalized spacial score (nSPS) is 10.4. The molecule has 6 heteroatoms. The molecule has 0 saturated heterocycles. The highest BCUT2D eigenvalue weighted by Crippen LogP contribution is 2.22. The molecule has 1 aromatic carbocycles. The lowest BCUT2D eigenvalue weighted by molar-refractivity contribution is 0.0595. The summed E-state index contributed by atoms with van der Waals surface area (Å²) in [4.78, 5) is 21.8. The molecule has 1 aromatic heterocycles. The predicted molar refractivity (Wildman–Crippen MR) is 52.8 cm³/mol. The molecule has 5 nitrogen and oxygen atoms in total. The van der Waals surface area contributed by atoms with Gasteiger partial charge in [-0.2, -0.15) is 5.10 Å². The summed E-state index contributed by atoms with van der Waals surface area (Å²) in [5.41, 5.74) is 0.0602. The second-order valence-electron chi connectivity index (χ2n) is 3.07. The second kappa shape index (κ2) is 3.73. The van der Waals surface area contributed by atoms with Crippen LogP contribution in [0.4, 0.5) is 4.39 Å². The van der Waals surface area contributed by atoms with Crippen molar-refractivity contribution in [1.82, 2.24) is 10.2 Å². The number of nitrogens with one attached hydrogen (secondary N) is 1. The third-order valence-electron chi connectivity index (χ3n) is 2.21. The van der Waals surface area contributed by atoms with Gasteiger partial charge in [-0.3, -0.25) is 9.89 Å². The van der Waals surface area contributed by atoms with Gasteiger partial charge >= 0.3 is 5.97 Å². The molecular weight excluding hydrogens is 215 g/mol. The number of aldehydes is 1. The summed E-state index contributed by atoms with van der Waals surface area (Å²) in [5.74, 6) is -1.60. The standard InChI is InChI=1S/C10H7FN2O3/c1-16-10(15)5-2-3-6-8(9(5)11)7(4-14)13-12-6/h2-4H,1H3,(H,12,13). The second-order valence-corrected chi connectivity index (χ2v) is 3.07. The number of hydrogen-bond acceptors (Lipinski definition) is 4. The van der Waals surface area contributed by atoms with Crippen molar-refractivity contribution >= 4 is 23.2 Å². The largest absolute Gasteiger partial charge is 0.465 e. The fourth-order valence-electron chi connectivity index (χ4n) is 1.44. The Balaban J connectivity index is 2.76. The van der Waals surface area contributed by atoms with Gasteiger partial charge in [0.2, 0.25) is 0 Å². The number of hydrogen-bond donors (Lipinski definition) is 1. The molecule has 0 aliphatic rings. The number of methoxy groups -OCH3 is 1. The van der Waals surface area contributed by atoms with Crippen LogP contribution < -0.4 is 0 Å². The van der Waals surface area contributed by atoms with Crippen molar-refractivity contribution in [2.45, 2.75) is 0 Å². The van der Waals surface area contributed by atoms with E-state index >= 15 is 0 Å². The highest BCUT2D eigenvalue weighted by Gasteiger charge is 2.18. The van der Waals surface area contributed by atoms with Gasteiger partial charge in [-0.25, -0.2) is 9.18 Å². The molecule has 0 amide bonds. The maximum absolute atomic E-state index is 13.9. The van der Waals surface area contributed by atoms with Crippen LogP contribution in [0.25, 0.3) is 10.9 Å². The van der Waals surface area contributed by atoms with Gasteiger partial charge in [-0.15, -0.1) is 0 Å². The first-order valence-electron chi connectivity index (χ1n) is 4.39. The van der Waals surface area contributed by atoms with Crippen LogP contribution in [0.1, 0.15) is 20.8 Å². The minimum absolute atomic E-state index is 0.00162. The Morgan fingerprint density at radius 3 is 2.94 bits per heavy atom. The Morgan fingerprint density at radius 1 is 1.56 bits per heavy atom. The lowest BCUT2D eigenvalue weighted by Gasteiger charge is -2.01. The zero-order valence-electron chi connectivity index (χ0n) is 8.28. The number of carbonyl (C=O) groups excluding carboxylic acids is 2. The maximum Gasteiger partial charge on any atom is 0.340 e. The van der Waals surface area contributed by atoms with Gasteiger partial charge < -0.3 is 4.74 Å². The predicted octanol–water partition coefficient (Wildman–Crippen LogP) is 1.30. The zero-order valence-corrected chi connectivity index (χ0v) is 8.28. The fraction of sp³-hybridized carbons (Fsp3) is 0.100. The Kier molecular flexibility index (Phi) is 2.40. The molecule has 0 unspecified atom stereocenters. The molecule has 1 N–H and O–H groups in total. The van der Waals surface area contributed by atoms with Gasteiger partial charge in [-0.1, -0.05) is 0 Å². The first-order valence-corrected chi connectivity index (χ1v) is 4.39. The molecule has 16 heavy (non-hydrogen) atoms. The van der Waals surface area contributed by atoms with Crippen molar-refractivity contribution in [3.05, 3.63) is 29.2 Å². The van der Waals surface area contributed by atoms with E-state index in [-0.39, 0.29) is 22.2 Å². The summed E-state index contributed by atoms with van der Waals surface area (Å²) < 4.78 is 18.3. The van der Waals surface area contributed by atoms with Crippen LogP contribution in [0.3, 0.4) is 0 Å². The molecule has 0 bridgehead atoms. The Bertz CT molecular complexity index is 577. The minimum Gasteiger partial charge on any atom is -0.465 e. The molecule has 82 valence electrons. The SMILES string of the molecule is COC(=O)c1ccc2n[nH]c(C=O)c2c1F. The fourth-order valence-corrected chi connectivity index (χ4v) is 1.44. The van der Waals surface area contributed by atoms with Gasteiger partial charge in [0, 0.05) is 0 Å². The van der Waals surface area contributed by atoms with Crippen LogP contribution in [-0.4, -0.2) is 29.6 Å². The molecule has 0 spiro atoms. The minimum atomic E-state index is -0.805. The van der Waals surface area contributed by atoms with Gasteiger partial charge in [0.05, 0.1) is 23.6 Å². The molecule has 0 saturated carbocycles. The molecule has 0 aliphatic carbocycles. The number of fused-ring (bicyclic) bond motifs is 1. The first kappa shape index (κ1) is 10.3. The van der Waals surface area contributed by atoms with E-state index in [4.69, 9.17) is 0 Å². The number of aromatic amines is 1. The number of rotatable bonds is 2. The van der Waals surface area contributed by atoms with E-state index in [2.05, 4.69) is 14.9 Å². The number of H-pyrrole nitrogens is 1. The summed E-state index contributed by atoms with van der Waals surface area (Å²) in [6, 6.07) is 2.70. The van der Waals surface area contributed by atoms with Crippen molar-refractivity contribution in [1.29, 1.82) is 0 Å². The van der Waals surface area contributed by atoms with Crippen molar-refractivity contribution in [3.8, 4) is 0 Å². The molecule has 0 fully saturated rings. The summed E-state index contributed by atoms with van der Waals surface area (Å²) >= 11 is 0. The van der Waals surface area contributed by atoms with Gasteiger partial charge in [0.15, 0.2) is 6.29 Å². The highest BCUT2D eigenvalue weighted by molar-refractivity contribution is 6.00. The molecule has 2 aromatic rings. The van der Waals surface area contributed by atoms with Crippen LogP contribution in [0.5, 0.6) is 0 Å². The molecule has 0 radical (unpaired) electrons. The smallest absolute Gasteiger partial charge is 0.340 e. The molecule has 2 rings (SSSR count). The molecule has 0 aliphatic heterocycles. The van der Waals surface area contributed by atoms with E-state index in [1.807, 2.05) is 0 Å². The third-order valence-corrected chi connectivity index (χ3v) is 2.21. The maximum atomic E-state index is 13.9. The van der Waals surface area contributed by atoms with Crippen LogP contribution >= 0.6 is 0 Å². The van der Waals surface area contributed by atoms with Crippen molar-refractivity contribution in [2.75, 3.05) is 7.11 Å². The number of esters is 1. The average Bonchev–Trinajstić information content (AvgIpc) is 2.72. The monoisotopic (exact) mass is 222 g/mol. The van der Waals surface area contributed by atoms with Crippen molar-refractivity contribution in [3.63, 3.8) is 0 Å². The lowest BCUT2D eigenvalue weighted by Crippen LogP contribution is -2.04. The molecular formula is C10H7FN2O3. The summed E-state index contributed by atoms with van der Waals surface area (Å²) in [5, 5.41) is 6.10. The van der Waals surface area contributed by atoms with E-state index in [9.17, 15) is 14.0 Å². The number of nitrogens with zero attached hydrogens (tertiary/aromatic N) is 1. The van der Waals surface area contributed by atoms with Crippen LogP contribution in [0.2, 0.25) is 0 Å². The van der Waals surface area contributed by atoms with Gasteiger partial charge in [-0.05, 0) is 12.1 Å². The summed E-state index contributed by atoms with van der Waals surface area (Å²) in [7, 11) is 1.15. The Labute approximate surface area is 89.2 Å². The van der Waals surface area contributed by atoms with Gasteiger partial charge in [0.1, 0.15) is 11.5 Å². The number of benzene rings is 1. The van der Waals surface area contributed by atoms with E-state index in [0.29, 0.717) is 6.29 Å². The van der Waals surface area contributed by atoms with E-state index < -0.39 is 11.8 Å². The topological polar surface area (TPSA) is 72.0 Å². The number of halogens is 1. The van der Waals surface area contributed by atoms with Crippen LogP contribution in [-0.2, 0) is 4.74 Å². The number of aromatic nitrogens is 2. The van der Waals surface area contributed by atoms with E-state index in [1.165, 1.54) is 12.1 Å². The molecule has 0 atom stereocenters. The number of ether oxygens (including phenoxy) is 1. The molecule has 1 heterocycles. The van der Waals surface area contributed by atoms with E-state index in [0.717, 1.165) is 7.11 Å². The highest BCUT2D eigenvalue weighted by atomic mass is 19.1.